The second-order valence-corrected chi connectivity index (χ2v) is 5.30. The normalized spacial score (nSPS) is 21.1. The molecular formula is C15H18N2. The Morgan fingerprint density at radius 2 is 1.88 bits per heavy atom. The SMILES string of the molecule is CC1=CC2=C(CC1)c1ccc(C)cc1C2(N)N. The maximum absolute atomic E-state index is 6.35. The third-order valence-electron chi connectivity index (χ3n) is 3.88. The van der Waals surface area contributed by atoms with Crippen molar-refractivity contribution in [2.45, 2.75) is 32.4 Å². The van der Waals surface area contributed by atoms with Gasteiger partial charge in [0, 0.05) is 0 Å². The van der Waals surface area contributed by atoms with Gasteiger partial charge in [0.2, 0.25) is 0 Å². The van der Waals surface area contributed by atoms with Crippen LogP contribution in [0.1, 0.15) is 36.5 Å². The lowest BCUT2D eigenvalue weighted by Gasteiger charge is -2.24. The van der Waals surface area contributed by atoms with Crippen LogP contribution in [0.3, 0.4) is 0 Å². The van der Waals surface area contributed by atoms with Gasteiger partial charge in [-0.3, -0.25) is 0 Å². The maximum atomic E-state index is 6.35. The summed E-state index contributed by atoms with van der Waals surface area (Å²) in [6.45, 7) is 4.23. The predicted octanol–water partition coefficient (Wildman–Crippen LogP) is 2.57. The Morgan fingerprint density at radius 3 is 2.65 bits per heavy atom. The summed E-state index contributed by atoms with van der Waals surface area (Å²) in [6.07, 6.45) is 4.35. The van der Waals surface area contributed by atoms with Gasteiger partial charge in [-0.2, -0.15) is 0 Å². The summed E-state index contributed by atoms with van der Waals surface area (Å²) in [5.41, 5.74) is 19.3. The maximum Gasteiger partial charge on any atom is 0.117 e. The molecule has 4 N–H and O–H groups in total. The fraction of sp³-hybridized carbons (Fsp3) is 0.333. The van der Waals surface area contributed by atoms with E-state index in [1.807, 2.05) is 0 Å². The first-order valence-electron chi connectivity index (χ1n) is 6.10. The van der Waals surface area contributed by atoms with Crippen molar-refractivity contribution in [3.63, 3.8) is 0 Å². The van der Waals surface area contributed by atoms with Crippen molar-refractivity contribution < 1.29 is 0 Å². The summed E-state index contributed by atoms with van der Waals surface area (Å²) < 4.78 is 0. The molecule has 1 aromatic carbocycles. The van der Waals surface area contributed by atoms with E-state index in [-0.39, 0.29) is 0 Å². The molecule has 0 heterocycles. The second kappa shape index (κ2) is 3.31. The minimum absolute atomic E-state index is 0.807. The van der Waals surface area contributed by atoms with Gasteiger partial charge in [-0.25, -0.2) is 0 Å². The molecule has 1 aromatic rings. The lowest BCUT2D eigenvalue weighted by atomic mass is 9.90. The Labute approximate surface area is 102 Å². The molecule has 3 rings (SSSR count). The lowest BCUT2D eigenvalue weighted by molar-refractivity contribution is 0.575. The number of hydrogen-bond acceptors (Lipinski definition) is 2. The Bertz CT molecular complexity index is 562. The summed E-state index contributed by atoms with van der Waals surface area (Å²) in [6, 6.07) is 6.42. The molecule has 88 valence electrons. The van der Waals surface area contributed by atoms with Crippen LogP contribution < -0.4 is 11.5 Å². The largest absolute Gasteiger partial charge is 0.306 e. The van der Waals surface area contributed by atoms with E-state index in [0.29, 0.717) is 0 Å². The third kappa shape index (κ3) is 1.41. The van der Waals surface area contributed by atoms with Gasteiger partial charge in [-0.15, -0.1) is 0 Å². The van der Waals surface area contributed by atoms with E-state index in [1.165, 1.54) is 22.3 Å². The summed E-state index contributed by atoms with van der Waals surface area (Å²) in [5, 5.41) is 0. The van der Waals surface area contributed by atoms with Gasteiger partial charge in [0.05, 0.1) is 0 Å². The van der Waals surface area contributed by atoms with Crippen LogP contribution in [0.2, 0.25) is 0 Å². The average Bonchev–Trinajstić information content (AvgIpc) is 2.49. The number of aryl methyl sites for hydroxylation is 1. The Morgan fingerprint density at radius 1 is 1.12 bits per heavy atom. The zero-order valence-corrected chi connectivity index (χ0v) is 10.4. The van der Waals surface area contributed by atoms with Crippen LogP contribution >= 0.6 is 0 Å². The van der Waals surface area contributed by atoms with Crippen LogP contribution in [0, 0.1) is 6.92 Å². The highest BCUT2D eigenvalue weighted by atomic mass is 15.0. The van der Waals surface area contributed by atoms with Crippen molar-refractivity contribution in [2.24, 2.45) is 11.5 Å². The molecule has 0 saturated carbocycles. The first kappa shape index (κ1) is 10.8. The standard InChI is InChI=1S/C15H18N2/c1-9-3-5-11-12-6-4-10(2)8-14(12)15(16,17)13(11)7-9/h3,5,7-8H,4,6,16-17H2,1-2H3. The van der Waals surface area contributed by atoms with Crippen molar-refractivity contribution in [3.8, 4) is 0 Å². The molecule has 0 atom stereocenters. The highest BCUT2D eigenvalue weighted by Gasteiger charge is 2.38. The number of allylic oxidation sites excluding steroid dienone is 2. The van der Waals surface area contributed by atoms with Crippen LogP contribution in [0.5, 0.6) is 0 Å². The number of rotatable bonds is 0. The first-order valence-corrected chi connectivity index (χ1v) is 6.10. The van der Waals surface area contributed by atoms with Crippen LogP contribution in [0.4, 0.5) is 0 Å². The summed E-state index contributed by atoms with van der Waals surface area (Å²) >= 11 is 0. The topological polar surface area (TPSA) is 52.0 Å². The molecule has 0 spiro atoms. The molecule has 0 aliphatic heterocycles. The van der Waals surface area contributed by atoms with E-state index in [9.17, 15) is 0 Å². The molecular weight excluding hydrogens is 208 g/mol. The first-order chi connectivity index (χ1) is 8.00. The quantitative estimate of drug-likeness (QED) is 0.668. The molecule has 0 saturated heterocycles. The zero-order valence-electron chi connectivity index (χ0n) is 10.4. The molecule has 2 heteroatoms. The molecule has 0 unspecified atom stereocenters. The van der Waals surface area contributed by atoms with E-state index in [4.69, 9.17) is 11.5 Å². The van der Waals surface area contributed by atoms with Gasteiger partial charge >= 0.3 is 0 Å². The molecule has 2 nitrogen and oxygen atoms in total. The number of hydrogen-bond donors (Lipinski definition) is 2. The van der Waals surface area contributed by atoms with Gasteiger partial charge in [0.1, 0.15) is 5.66 Å². The highest BCUT2D eigenvalue weighted by Crippen LogP contribution is 2.46. The average molecular weight is 226 g/mol. The van der Waals surface area contributed by atoms with Crippen molar-refractivity contribution in [1.29, 1.82) is 0 Å². The zero-order chi connectivity index (χ0) is 12.2. The second-order valence-electron chi connectivity index (χ2n) is 5.30. The van der Waals surface area contributed by atoms with Gasteiger partial charge in [-0.1, -0.05) is 35.4 Å². The number of benzene rings is 1. The monoisotopic (exact) mass is 226 g/mol. The van der Waals surface area contributed by atoms with Crippen molar-refractivity contribution in [2.75, 3.05) is 0 Å². The fourth-order valence-corrected chi connectivity index (χ4v) is 2.92. The van der Waals surface area contributed by atoms with Gasteiger partial charge in [0.25, 0.3) is 0 Å². The smallest absolute Gasteiger partial charge is 0.117 e. The van der Waals surface area contributed by atoms with Crippen molar-refractivity contribution in [3.05, 3.63) is 52.1 Å². The fourth-order valence-electron chi connectivity index (χ4n) is 2.92. The van der Waals surface area contributed by atoms with E-state index in [0.717, 1.165) is 24.0 Å². The molecule has 0 radical (unpaired) electrons. The van der Waals surface area contributed by atoms with Crippen LogP contribution in [0.15, 0.2) is 35.4 Å². The predicted molar refractivity (Wildman–Crippen MR) is 71.1 cm³/mol. The van der Waals surface area contributed by atoms with Gasteiger partial charge in [0.15, 0.2) is 0 Å². The highest BCUT2D eigenvalue weighted by molar-refractivity contribution is 5.83. The Balaban J connectivity index is 2.26. The number of fused-ring (bicyclic) bond motifs is 2. The van der Waals surface area contributed by atoms with E-state index in [2.05, 4.69) is 38.1 Å². The molecule has 0 bridgehead atoms. The van der Waals surface area contributed by atoms with Crippen LogP contribution in [-0.4, -0.2) is 0 Å². The van der Waals surface area contributed by atoms with E-state index < -0.39 is 5.66 Å². The van der Waals surface area contributed by atoms with Gasteiger partial charge < -0.3 is 11.5 Å². The van der Waals surface area contributed by atoms with Crippen LogP contribution in [-0.2, 0) is 5.66 Å². The van der Waals surface area contributed by atoms with Crippen molar-refractivity contribution >= 4 is 5.57 Å². The Kier molecular flexibility index (Phi) is 2.09. The van der Waals surface area contributed by atoms with Crippen molar-refractivity contribution in [1.82, 2.24) is 0 Å². The van der Waals surface area contributed by atoms with E-state index >= 15 is 0 Å². The Hall–Kier alpha value is -1.38. The molecule has 0 amide bonds. The minimum atomic E-state index is -0.807. The number of nitrogens with two attached hydrogens (primary N) is 2. The summed E-state index contributed by atoms with van der Waals surface area (Å²) in [5.74, 6) is 0. The molecule has 0 aromatic heterocycles. The van der Waals surface area contributed by atoms with Gasteiger partial charge in [-0.05, 0) is 49.0 Å². The molecule has 2 aliphatic carbocycles. The molecule has 0 fully saturated rings. The molecule has 17 heavy (non-hydrogen) atoms. The summed E-state index contributed by atoms with van der Waals surface area (Å²) in [7, 11) is 0. The molecule has 2 aliphatic rings. The van der Waals surface area contributed by atoms with E-state index in [1.54, 1.807) is 0 Å². The lowest BCUT2D eigenvalue weighted by Crippen LogP contribution is -2.46. The third-order valence-corrected chi connectivity index (χ3v) is 3.88. The minimum Gasteiger partial charge on any atom is -0.306 e. The van der Waals surface area contributed by atoms with Crippen LogP contribution in [0.25, 0.3) is 5.57 Å². The summed E-state index contributed by atoms with van der Waals surface area (Å²) in [4.78, 5) is 0.